The zero-order valence-corrected chi connectivity index (χ0v) is 17.3. The molecule has 0 unspecified atom stereocenters. The summed E-state index contributed by atoms with van der Waals surface area (Å²) in [5.74, 6) is 0.754. The van der Waals surface area contributed by atoms with E-state index in [4.69, 9.17) is 4.74 Å². The van der Waals surface area contributed by atoms with Crippen LogP contribution in [0.4, 0.5) is 10.6 Å². The van der Waals surface area contributed by atoms with Crippen LogP contribution in [0, 0.1) is 0 Å². The summed E-state index contributed by atoms with van der Waals surface area (Å²) in [5, 5.41) is 0. The molecule has 146 valence electrons. The van der Waals surface area contributed by atoms with Gasteiger partial charge in [-0.2, -0.15) is 0 Å². The van der Waals surface area contributed by atoms with Crippen molar-refractivity contribution >= 4 is 11.9 Å². The maximum atomic E-state index is 13.0. The highest BCUT2D eigenvalue weighted by molar-refractivity contribution is 5.88. The molecule has 0 aliphatic carbocycles. The molecule has 1 amide bonds. The predicted octanol–water partition coefficient (Wildman–Crippen LogP) is 5.17. The third-order valence-electron chi connectivity index (χ3n) is 4.90. The molecule has 26 heavy (non-hydrogen) atoms. The number of aromatic nitrogens is 1. The molecule has 1 aliphatic rings. The maximum Gasteiger partial charge on any atom is 0.416 e. The molecule has 0 spiro atoms. The van der Waals surface area contributed by atoms with Gasteiger partial charge in [-0.25, -0.2) is 9.78 Å². The zero-order chi connectivity index (χ0) is 19.3. The van der Waals surface area contributed by atoms with Crippen molar-refractivity contribution in [2.24, 2.45) is 0 Å². The fourth-order valence-electron chi connectivity index (χ4n) is 3.57. The summed E-state index contributed by atoms with van der Waals surface area (Å²) >= 11 is 0. The van der Waals surface area contributed by atoms with Gasteiger partial charge >= 0.3 is 6.09 Å². The normalized spacial score (nSPS) is 19.4. The van der Waals surface area contributed by atoms with E-state index in [-0.39, 0.29) is 12.1 Å². The molecule has 1 aromatic heterocycles. The van der Waals surface area contributed by atoms with Crippen molar-refractivity contribution in [3.8, 4) is 0 Å². The Labute approximate surface area is 158 Å². The van der Waals surface area contributed by atoms with Gasteiger partial charge in [0.2, 0.25) is 0 Å². The molecule has 5 heteroatoms. The van der Waals surface area contributed by atoms with Gasteiger partial charge in [-0.05, 0) is 72.5 Å². The Morgan fingerprint density at radius 2 is 2.15 bits per heavy atom. The van der Waals surface area contributed by atoms with Gasteiger partial charge in [0.1, 0.15) is 11.4 Å². The summed E-state index contributed by atoms with van der Waals surface area (Å²) in [6.07, 6.45) is 5.74. The van der Waals surface area contributed by atoms with E-state index in [0.29, 0.717) is 6.04 Å². The smallest absolute Gasteiger partial charge is 0.416 e. The first-order valence-electron chi connectivity index (χ1n) is 9.99. The lowest BCUT2D eigenvalue weighted by Gasteiger charge is -2.34. The number of ether oxygens (including phenoxy) is 1. The van der Waals surface area contributed by atoms with E-state index in [1.807, 2.05) is 26.8 Å². The van der Waals surface area contributed by atoms with Crippen LogP contribution in [-0.4, -0.2) is 40.7 Å². The number of likely N-dealkylation sites (tertiary alicyclic amines) is 1. The van der Waals surface area contributed by atoms with Crippen molar-refractivity contribution in [1.82, 2.24) is 9.88 Å². The minimum atomic E-state index is -0.528. The van der Waals surface area contributed by atoms with Gasteiger partial charge in [-0.1, -0.05) is 19.9 Å². The molecule has 5 nitrogen and oxygen atoms in total. The monoisotopic (exact) mass is 361 g/mol. The van der Waals surface area contributed by atoms with Gasteiger partial charge in [0.25, 0.3) is 0 Å². The second kappa shape index (κ2) is 8.85. The average Bonchev–Trinajstić information content (AvgIpc) is 3.02. The van der Waals surface area contributed by atoms with E-state index >= 15 is 0 Å². The minimum absolute atomic E-state index is 0.0273. The van der Waals surface area contributed by atoms with Crippen molar-refractivity contribution in [3.05, 3.63) is 23.9 Å². The van der Waals surface area contributed by atoms with Gasteiger partial charge in [0, 0.05) is 23.8 Å². The molecule has 2 atom stereocenters. The largest absolute Gasteiger partial charge is 0.443 e. The number of nitrogens with zero attached hydrogens (tertiary/aromatic N) is 3. The molecule has 1 fully saturated rings. The lowest BCUT2D eigenvalue weighted by molar-refractivity contribution is 0.0565. The summed E-state index contributed by atoms with van der Waals surface area (Å²) in [4.78, 5) is 21.9. The van der Waals surface area contributed by atoms with Crippen molar-refractivity contribution in [2.75, 3.05) is 18.0 Å². The number of anilines is 1. The van der Waals surface area contributed by atoms with E-state index in [9.17, 15) is 4.79 Å². The molecule has 2 heterocycles. The number of pyridine rings is 1. The van der Waals surface area contributed by atoms with Gasteiger partial charge in [-0.15, -0.1) is 0 Å². The van der Waals surface area contributed by atoms with Crippen LogP contribution in [0.15, 0.2) is 18.3 Å². The molecule has 2 rings (SSSR count). The summed E-state index contributed by atoms with van der Waals surface area (Å²) < 4.78 is 5.70. The molecule has 1 aromatic rings. The molecule has 1 saturated heterocycles. The van der Waals surface area contributed by atoms with Crippen LogP contribution >= 0.6 is 0 Å². The lowest BCUT2D eigenvalue weighted by Crippen LogP contribution is -2.43. The third kappa shape index (κ3) is 4.97. The van der Waals surface area contributed by atoms with Crippen LogP contribution in [0.2, 0.25) is 0 Å². The second-order valence-electron chi connectivity index (χ2n) is 8.22. The molecule has 0 N–H and O–H groups in total. The van der Waals surface area contributed by atoms with E-state index < -0.39 is 5.60 Å². The predicted molar refractivity (Wildman–Crippen MR) is 107 cm³/mol. The number of amides is 1. The number of hydrogen-bond acceptors (Lipinski definition) is 4. The maximum absolute atomic E-state index is 13.0. The molecular formula is C21H35N3O2. The van der Waals surface area contributed by atoms with Crippen molar-refractivity contribution in [1.29, 1.82) is 0 Å². The molecule has 0 aromatic carbocycles. The zero-order valence-electron chi connectivity index (χ0n) is 17.3. The van der Waals surface area contributed by atoms with Crippen molar-refractivity contribution in [2.45, 2.75) is 84.9 Å². The van der Waals surface area contributed by atoms with Gasteiger partial charge in [-0.3, -0.25) is 9.80 Å². The Balaban J connectivity index is 2.41. The standard InChI is InChI=1S/C21H35N3O2/c1-7-14-23-15-10-12-18(23)17-11-9-13-22-19(17)24(16(3)8-2)20(25)26-21(4,5)6/h9,11,13,16,18H,7-8,10,12,14-15H2,1-6H3/t16-,18+/m1/s1. The van der Waals surface area contributed by atoms with Crippen LogP contribution in [-0.2, 0) is 4.74 Å². The van der Waals surface area contributed by atoms with E-state index in [0.717, 1.165) is 43.7 Å². The average molecular weight is 362 g/mol. The fourth-order valence-corrected chi connectivity index (χ4v) is 3.57. The second-order valence-corrected chi connectivity index (χ2v) is 8.22. The molecule has 0 bridgehead atoms. The lowest BCUT2D eigenvalue weighted by atomic mass is 10.0. The fraction of sp³-hybridized carbons (Fsp3) is 0.714. The van der Waals surface area contributed by atoms with Crippen LogP contribution < -0.4 is 4.90 Å². The number of carbonyl (C=O) groups is 1. The van der Waals surface area contributed by atoms with Gasteiger partial charge in [0.15, 0.2) is 0 Å². The van der Waals surface area contributed by atoms with E-state index in [1.54, 1.807) is 11.1 Å². The summed E-state index contributed by atoms with van der Waals surface area (Å²) in [5.41, 5.74) is 0.615. The summed E-state index contributed by atoms with van der Waals surface area (Å²) in [6, 6.07) is 4.46. The number of hydrogen-bond donors (Lipinski definition) is 0. The SMILES string of the molecule is CCCN1CCC[C@H]1c1cccnc1N(C(=O)OC(C)(C)C)[C@H](C)CC. The Bertz CT molecular complexity index is 597. The Kier molecular flexibility index (Phi) is 7.04. The highest BCUT2D eigenvalue weighted by atomic mass is 16.6. The van der Waals surface area contributed by atoms with E-state index in [2.05, 4.69) is 36.7 Å². The van der Waals surface area contributed by atoms with Gasteiger partial charge in [0.05, 0.1) is 0 Å². The topological polar surface area (TPSA) is 45.7 Å². The summed E-state index contributed by atoms with van der Waals surface area (Å²) in [7, 11) is 0. The number of carbonyl (C=O) groups excluding carboxylic acids is 1. The van der Waals surface area contributed by atoms with Crippen LogP contribution in [0.25, 0.3) is 0 Å². The van der Waals surface area contributed by atoms with Gasteiger partial charge < -0.3 is 4.74 Å². The van der Waals surface area contributed by atoms with Crippen molar-refractivity contribution < 1.29 is 9.53 Å². The molecular weight excluding hydrogens is 326 g/mol. The van der Waals surface area contributed by atoms with Crippen LogP contribution in [0.3, 0.4) is 0 Å². The molecule has 0 radical (unpaired) electrons. The van der Waals surface area contributed by atoms with Crippen LogP contribution in [0.1, 0.15) is 78.8 Å². The first kappa shape index (κ1) is 20.7. The summed E-state index contributed by atoms with van der Waals surface area (Å²) in [6.45, 7) is 14.3. The highest BCUT2D eigenvalue weighted by Gasteiger charge is 2.33. The first-order chi connectivity index (χ1) is 12.3. The minimum Gasteiger partial charge on any atom is -0.443 e. The Morgan fingerprint density at radius 1 is 1.42 bits per heavy atom. The first-order valence-corrected chi connectivity index (χ1v) is 9.99. The highest BCUT2D eigenvalue weighted by Crippen LogP contribution is 2.37. The van der Waals surface area contributed by atoms with Crippen molar-refractivity contribution in [3.63, 3.8) is 0 Å². The number of rotatable bonds is 6. The quantitative estimate of drug-likeness (QED) is 0.701. The third-order valence-corrected chi connectivity index (χ3v) is 4.90. The van der Waals surface area contributed by atoms with Crippen LogP contribution in [0.5, 0.6) is 0 Å². The molecule has 1 aliphatic heterocycles. The van der Waals surface area contributed by atoms with E-state index in [1.165, 1.54) is 6.42 Å². The Hall–Kier alpha value is -1.62. The molecule has 0 saturated carbocycles. The Morgan fingerprint density at radius 3 is 2.77 bits per heavy atom.